The molecule has 3 aliphatic rings. The summed E-state index contributed by atoms with van der Waals surface area (Å²) in [6, 6.07) is 4.66. The molecule has 2 atom stereocenters. The first-order chi connectivity index (χ1) is 5.81. The number of fused-ring (bicyclic) bond motifs is 1. The molecule has 0 aromatic heterocycles. The predicted octanol–water partition coefficient (Wildman–Crippen LogP) is 1.84. The summed E-state index contributed by atoms with van der Waals surface area (Å²) in [6.45, 7) is 0. The van der Waals surface area contributed by atoms with Crippen LogP contribution in [0.3, 0.4) is 0 Å². The van der Waals surface area contributed by atoms with Gasteiger partial charge in [-0.25, -0.2) is 0 Å². The van der Waals surface area contributed by atoms with Gasteiger partial charge in [0, 0.05) is 0 Å². The third-order valence-electron chi connectivity index (χ3n) is 4.37. The fraction of sp³-hybridized carbons (Fsp3) is 0.800. The van der Waals surface area contributed by atoms with Gasteiger partial charge in [-0.2, -0.15) is 10.5 Å². The van der Waals surface area contributed by atoms with Gasteiger partial charge in [0.15, 0.2) is 0 Å². The summed E-state index contributed by atoms with van der Waals surface area (Å²) in [5, 5.41) is 17.8. The van der Waals surface area contributed by atoms with Gasteiger partial charge >= 0.3 is 0 Å². The van der Waals surface area contributed by atoms with E-state index in [0.717, 1.165) is 0 Å². The molecule has 2 nitrogen and oxygen atoms in total. The smallest absolute Gasteiger partial charge is 0.0689 e. The maximum Gasteiger partial charge on any atom is 0.0689 e. The number of nitriles is 2. The van der Waals surface area contributed by atoms with E-state index in [9.17, 15) is 0 Å². The zero-order valence-electron chi connectivity index (χ0n) is 6.88. The Morgan fingerprint density at radius 1 is 0.833 bits per heavy atom. The number of hydrogen-bond acceptors (Lipinski definition) is 2. The zero-order chi connectivity index (χ0) is 8.40. The SMILES string of the molecule is N#C[C@@H]1[C@H](C#N)C2(CC2)C12CC2. The van der Waals surface area contributed by atoms with Crippen LogP contribution in [0, 0.1) is 45.3 Å². The quantitative estimate of drug-likeness (QED) is 0.540. The Bertz CT molecular complexity index is 289. The van der Waals surface area contributed by atoms with Gasteiger partial charge in [0.1, 0.15) is 0 Å². The fourth-order valence-electron chi connectivity index (χ4n) is 3.44. The minimum absolute atomic E-state index is 0.0741. The van der Waals surface area contributed by atoms with Crippen molar-refractivity contribution in [3.63, 3.8) is 0 Å². The summed E-state index contributed by atoms with van der Waals surface area (Å²) in [5.41, 5.74) is 0.671. The van der Waals surface area contributed by atoms with Crippen molar-refractivity contribution in [1.29, 1.82) is 10.5 Å². The first-order valence-corrected chi connectivity index (χ1v) is 4.60. The lowest BCUT2D eigenvalue weighted by Gasteiger charge is -2.47. The maximum atomic E-state index is 8.92. The molecular weight excluding hydrogens is 148 g/mol. The maximum absolute atomic E-state index is 8.92. The van der Waals surface area contributed by atoms with E-state index in [4.69, 9.17) is 10.5 Å². The zero-order valence-corrected chi connectivity index (χ0v) is 6.88. The molecule has 0 aromatic carbocycles. The third kappa shape index (κ3) is 0.396. The summed E-state index contributed by atoms with van der Waals surface area (Å²) in [5.74, 6) is 0.148. The van der Waals surface area contributed by atoms with Crippen molar-refractivity contribution in [2.45, 2.75) is 25.7 Å². The van der Waals surface area contributed by atoms with Crippen LogP contribution in [-0.2, 0) is 0 Å². The summed E-state index contributed by atoms with van der Waals surface area (Å²) in [4.78, 5) is 0. The van der Waals surface area contributed by atoms with Gasteiger partial charge in [0.25, 0.3) is 0 Å². The van der Waals surface area contributed by atoms with Crippen molar-refractivity contribution in [1.82, 2.24) is 0 Å². The molecule has 0 aliphatic heterocycles. The van der Waals surface area contributed by atoms with Gasteiger partial charge in [-0.15, -0.1) is 0 Å². The van der Waals surface area contributed by atoms with Crippen molar-refractivity contribution in [3.05, 3.63) is 0 Å². The molecule has 2 heteroatoms. The summed E-state index contributed by atoms with van der Waals surface area (Å²) < 4.78 is 0. The van der Waals surface area contributed by atoms with E-state index in [-0.39, 0.29) is 11.8 Å². The molecule has 0 aromatic rings. The standard InChI is InChI=1S/C10H10N2/c11-5-7-8(6-12)10(3-4-10)9(7)1-2-9/h7-8H,1-4H2/t7-,8+. The Morgan fingerprint density at radius 2 is 1.17 bits per heavy atom. The van der Waals surface area contributed by atoms with E-state index in [0.29, 0.717) is 10.8 Å². The van der Waals surface area contributed by atoms with Crippen molar-refractivity contribution in [2.24, 2.45) is 22.7 Å². The molecule has 3 saturated carbocycles. The Balaban J connectivity index is 2.00. The Labute approximate surface area is 71.8 Å². The first-order valence-electron chi connectivity index (χ1n) is 4.60. The molecule has 0 N–H and O–H groups in total. The lowest BCUT2D eigenvalue weighted by atomic mass is 9.52. The average molecular weight is 158 g/mol. The van der Waals surface area contributed by atoms with Gasteiger partial charge < -0.3 is 0 Å². The number of hydrogen-bond donors (Lipinski definition) is 0. The summed E-state index contributed by atoms with van der Waals surface area (Å²) in [6.07, 6.45) is 4.85. The fourth-order valence-corrected chi connectivity index (χ4v) is 3.44. The molecule has 0 heterocycles. The molecular formula is C10H10N2. The summed E-state index contributed by atoms with van der Waals surface area (Å²) >= 11 is 0. The molecule has 0 saturated heterocycles. The Morgan fingerprint density at radius 3 is 1.33 bits per heavy atom. The van der Waals surface area contributed by atoms with E-state index >= 15 is 0 Å². The molecule has 3 fully saturated rings. The summed E-state index contributed by atoms with van der Waals surface area (Å²) in [7, 11) is 0. The monoisotopic (exact) mass is 158 g/mol. The Kier molecular flexibility index (Phi) is 0.824. The van der Waals surface area contributed by atoms with Crippen LogP contribution >= 0.6 is 0 Å². The molecule has 3 rings (SSSR count). The van der Waals surface area contributed by atoms with E-state index in [1.54, 1.807) is 0 Å². The highest BCUT2D eigenvalue weighted by atomic mass is 14.8. The van der Waals surface area contributed by atoms with Gasteiger partial charge in [-0.05, 0) is 36.5 Å². The Hall–Kier alpha value is -1.02. The molecule has 60 valence electrons. The van der Waals surface area contributed by atoms with Gasteiger partial charge in [0.05, 0.1) is 24.0 Å². The van der Waals surface area contributed by atoms with Crippen LogP contribution in [0.5, 0.6) is 0 Å². The minimum Gasteiger partial charge on any atom is -0.198 e. The molecule has 3 aliphatic carbocycles. The van der Waals surface area contributed by atoms with Crippen molar-refractivity contribution in [3.8, 4) is 12.1 Å². The van der Waals surface area contributed by atoms with Crippen LogP contribution in [0.25, 0.3) is 0 Å². The highest BCUT2D eigenvalue weighted by Gasteiger charge is 2.81. The van der Waals surface area contributed by atoms with Crippen molar-refractivity contribution >= 4 is 0 Å². The van der Waals surface area contributed by atoms with Crippen molar-refractivity contribution < 1.29 is 0 Å². The highest BCUT2D eigenvalue weighted by molar-refractivity contribution is 5.36. The molecule has 0 unspecified atom stereocenters. The third-order valence-corrected chi connectivity index (χ3v) is 4.37. The second-order valence-electron chi connectivity index (χ2n) is 4.53. The van der Waals surface area contributed by atoms with Crippen LogP contribution in [-0.4, -0.2) is 0 Å². The second kappa shape index (κ2) is 1.52. The first kappa shape index (κ1) is 6.49. The number of nitrogens with zero attached hydrogens (tertiary/aromatic N) is 2. The molecule has 2 spiro atoms. The van der Waals surface area contributed by atoms with Gasteiger partial charge in [-0.3, -0.25) is 0 Å². The molecule has 0 bridgehead atoms. The van der Waals surface area contributed by atoms with E-state index in [1.165, 1.54) is 25.7 Å². The van der Waals surface area contributed by atoms with E-state index < -0.39 is 0 Å². The van der Waals surface area contributed by atoms with Gasteiger partial charge in [-0.1, -0.05) is 0 Å². The van der Waals surface area contributed by atoms with Gasteiger partial charge in [0.2, 0.25) is 0 Å². The lowest BCUT2D eigenvalue weighted by Crippen LogP contribution is -2.49. The lowest BCUT2D eigenvalue weighted by molar-refractivity contribution is 0.00237. The van der Waals surface area contributed by atoms with Crippen LogP contribution in [0.4, 0.5) is 0 Å². The van der Waals surface area contributed by atoms with Crippen LogP contribution in [0.2, 0.25) is 0 Å². The average Bonchev–Trinajstić information content (AvgIpc) is 2.85. The largest absolute Gasteiger partial charge is 0.198 e. The minimum atomic E-state index is 0.0741. The number of rotatable bonds is 0. The van der Waals surface area contributed by atoms with Crippen LogP contribution < -0.4 is 0 Å². The normalized spacial score (nSPS) is 42.8. The molecule has 0 amide bonds. The topological polar surface area (TPSA) is 47.6 Å². The molecule has 0 radical (unpaired) electrons. The highest BCUT2D eigenvalue weighted by Crippen LogP contribution is 2.85. The van der Waals surface area contributed by atoms with Crippen LogP contribution in [0.15, 0.2) is 0 Å². The van der Waals surface area contributed by atoms with Crippen molar-refractivity contribution in [2.75, 3.05) is 0 Å². The molecule has 12 heavy (non-hydrogen) atoms. The predicted molar refractivity (Wildman–Crippen MR) is 41.5 cm³/mol. The second-order valence-corrected chi connectivity index (χ2v) is 4.53. The van der Waals surface area contributed by atoms with Crippen LogP contribution in [0.1, 0.15) is 25.7 Å². The van der Waals surface area contributed by atoms with E-state index in [2.05, 4.69) is 12.1 Å². The van der Waals surface area contributed by atoms with E-state index in [1.807, 2.05) is 0 Å².